The first-order valence-corrected chi connectivity index (χ1v) is 8.82. The summed E-state index contributed by atoms with van der Waals surface area (Å²) in [6.07, 6.45) is 12.9. The van der Waals surface area contributed by atoms with Crippen LogP contribution >= 0.6 is 0 Å². The van der Waals surface area contributed by atoms with E-state index in [1.165, 1.54) is 70.9 Å². The van der Waals surface area contributed by atoms with Gasteiger partial charge in [-0.2, -0.15) is 0 Å². The molecule has 2 atom stereocenters. The highest BCUT2D eigenvalue weighted by molar-refractivity contribution is 4.86. The van der Waals surface area contributed by atoms with Crippen molar-refractivity contribution in [3.8, 4) is 0 Å². The monoisotopic (exact) mass is 266 g/mol. The summed E-state index contributed by atoms with van der Waals surface area (Å²) in [7, 11) is 0. The summed E-state index contributed by atoms with van der Waals surface area (Å²) >= 11 is 0. The molecule has 0 aromatic rings. The third-order valence-corrected chi connectivity index (χ3v) is 5.24. The summed E-state index contributed by atoms with van der Waals surface area (Å²) < 4.78 is 0. The van der Waals surface area contributed by atoms with Crippen LogP contribution in [-0.2, 0) is 0 Å². The van der Waals surface area contributed by atoms with E-state index in [0.717, 1.165) is 24.5 Å². The van der Waals surface area contributed by atoms with Crippen LogP contribution in [0.4, 0.5) is 0 Å². The third kappa shape index (κ3) is 4.46. The van der Waals surface area contributed by atoms with E-state index >= 15 is 0 Å². The molecule has 0 bridgehead atoms. The van der Waals surface area contributed by atoms with Crippen molar-refractivity contribution < 1.29 is 0 Å². The first kappa shape index (κ1) is 15.3. The highest BCUT2D eigenvalue weighted by Gasteiger charge is 2.29. The van der Waals surface area contributed by atoms with Crippen LogP contribution in [0.3, 0.4) is 0 Å². The first-order valence-electron chi connectivity index (χ1n) is 8.82. The number of piperidine rings is 1. The molecule has 2 heteroatoms. The Balaban J connectivity index is 1.89. The minimum atomic E-state index is 0.755. The lowest BCUT2D eigenvalue weighted by atomic mass is 9.93. The highest BCUT2D eigenvalue weighted by atomic mass is 15.2. The molecule has 2 nitrogen and oxygen atoms in total. The van der Waals surface area contributed by atoms with Crippen molar-refractivity contribution in [3.05, 3.63) is 0 Å². The molecule has 1 aliphatic heterocycles. The lowest BCUT2D eigenvalue weighted by Crippen LogP contribution is -2.50. The Kier molecular flexibility index (Phi) is 6.66. The van der Waals surface area contributed by atoms with Crippen LogP contribution in [0.25, 0.3) is 0 Å². The van der Waals surface area contributed by atoms with E-state index in [1.54, 1.807) is 0 Å². The Morgan fingerprint density at radius 2 is 1.79 bits per heavy atom. The summed E-state index contributed by atoms with van der Waals surface area (Å²) in [6, 6.07) is 1.63. The number of nitrogens with one attached hydrogen (secondary N) is 1. The van der Waals surface area contributed by atoms with Gasteiger partial charge in [-0.25, -0.2) is 0 Å². The number of likely N-dealkylation sites (tertiary alicyclic amines) is 1. The van der Waals surface area contributed by atoms with Gasteiger partial charge >= 0.3 is 0 Å². The van der Waals surface area contributed by atoms with Crippen LogP contribution in [-0.4, -0.2) is 36.6 Å². The predicted octanol–water partition coefficient (Wildman–Crippen LogP) is 3.81. The predicted molar refractivity (Wildman–Crippen MR) is 83.5 cm³/mol. The van der Waals surface area contributed by atoms with Gasteiger partial charge in [0.25, 0.3) is 0 Å². The second-order valence-electron chi connectivity index (χ2n) is 6.64. The largest absolute Gasteiger partial charge is 0.313 e. The summed E-state index contributed by atoms with van der Waals surface area (Å²) in [4.78, 5) is 2.82. The minimum absolute atomic E-state index is 0.755. The zero-order valence-corrected chi connectivity index (χ0v) is 13.2. The van der Waals surface area contributed by atoms with E-state index < -0.39 is 0 Å². The van der Waals surface area contributed by atoms with E-state index in [4.69, 9.17) is 0 Å². The van der Waals surface area contributed by atoms with Gasteiger partial charge in [0, 0.05) is 18.6 Å². The molecule has 2 unspecified atom stereocenters. The fourth-order valence-corrected chi connectivity index (χ4v) is 4.22. The van der Waals surface area contributed by atoms with Crippen molar-refractivity contribution in [1.82, 2.24) is 10.2 Å². The molecule has 112 valence electrons. The van der Waals surface area contributed by atoms with Crippen molar-refractivity contribution >= 4 is 0 Å². The Hall–Kier alpha value is -0.0800. The molecule has 1 aliphatic carbocycles. The van der Waals surface area contributed by atoms with Gasteiger partial charge in [-0.05, 0) is 51.1 Å². The molecular formula is C17H34N2. The molecular weight excluding hydrogens is 232 g/mol. The van der Waals surface area contributed by atoms with E-state index in [0.29, 0.717) is 0 Å². The molecule has 1 saturated carbocycles. The molecule has 2 rings (SSSR count). The molecule has 2 aliphatic rings. The van der Waals surface area contributed by atoms with Crippen molar-refractivity contribution in [3.63, 3.8) is 0 Å². The van der Waals surface area contributed by atoms with Gasteiger partial charge in [0.05, 0.1) is 0 Å². The summed E-state index contributed by atoms with van der Waals surface area (Å²) in [5.41, 5.74) is 0. The molecule has 0 radical (unpaired) electrons. The van der Waals surface area contributed by atoms with Crippen LogP contribution < -0.4 is 5.32 Å². The van der Waals surface area contributed by atoms with Gasteiger partial charge in [-0.3, -0.25) is 4.90 Å². The Morgan fingerprint density at radius 3 is 2.47 bits per heavy atom. The maximum atomic E-state index is 3.79. The highest BCUT2D eigenvalue weighted by Crippen LogP contribution is 2.29. The fourth-order valence-electron chi connectivity index (χ4n) is 4.22. The Labute approximate surface area is 120 Å². The van der Waals surface area contributed by atoms with Crippen molar-refractivity contribution in [2.45, 2.75) is 83.7 Å². The Bertz CT molecular complexity index is 233. The smallest absolute Gasteiger partial charge is 0.0223 e. The lowest BCUT2D eigenvalue weighted by molar-refractivity contribution is 0.113. The zero-order chi connectivity index (χ0) is 13.5. The van der Waals surface area contributed by atoms with Crippen molar-refractivity contribution in [1.29, 1.82) is 0 Å². The van der Waals surface area contributed by atoms with Crippen LogP contribution in [0.5, 0.6) is 0 Å². The molecule has 0 aromatic carbocycles. The molecule has 19 heavy (non-hydrogen) atoms. The quantitative estimate of drug-likeness (QED) is 0.754. The van der Waals surface area contributed by atoms with Gasteiger partial charge in [-0.1, -0.05) is 39.5 Å². The van der Waals surface area contributed by atoms with E-state index in [9.17, 15) is 0 Å². The van der Waals surface area contributed by atoms with Gasteiger partial charge in [0.15, 0.2) is 0 Å². The average molecular weight is 266 g/mol. The third-order valence-electron chi connectivity index (χ3n) is 5.24. The lowest BCUT2D eigenvalue weighted by Gasteiger charge is -2.39. The minimum Gasteiger partial charge on any atom is -0.313 e. The van der Waals surface area contributed by atoms with E-state index in [-0.39, 0.29) is 0 Å². The van der Waals surface area contributed by atoms with Gasteiger partial charge in [0.1, 0.15) is 0 Å². The summed E-state index contributed by atoms with van der Waals surface area (Å²) in [6.45, 7) is 8.39. The molecule has 1 heterocycles. The second kappa shape index (κ2) is 8.26. The van der Waals surface area contributed by atoms with Crippen LogP contribution in [0.1, 0.15) is 71.6 Å². The fraction of sp³-hybridized carbons (Fsp3) is 1.00. The molecule has 1 N–H and O–H groups in total. The van der Waals surface area contributed by atoms with Crippen LogP contribution in [0.2, 0.25) is 0 Å². The first-order chi connectivity index (χ1) is 9.35. The SMILES string of the molecule is CCCC1CCCCN1CC(NCC)C1CCCC1. The molecule has 0 aromatic heterocycles. The van der Waals surface area contributed by atoms with Crippen LogP contribution in [0, 0.1) is 5.92 Å². The summed E-state index contributed by atoms with van der Waals surface area (Å²) in [5, 5.41) is 3.79. The number of hydrogen-bond acceptors (Lipinski definition) is 2. The molecule has 0 spiro atoms. The number of hydrogen-bond donors (Lipinski definition) is 1. The van der Waals surface area contributed by atoms with Gasteiger partial charge < -0.3 is 5.32 Å². The Morgan fingerprint density at radius 1 is 1.05 bits per heavy atom. The average Bonchev–Trinajstić information content (AvgIpc) is 2.94. The number of nitrogens with zero attached hydrogens (tertiary/aromatic N) is 1. The van der Waals surface area contributed by atoms with Gasteiger partial charge in [-0.15, -0.1) is 0 Å². The van der Waals surface area contributed by atoms with Crippen LogP contribution in [0.15, 0.2) is 0 Å². The maximum Gasteiger partial charge on any atom is 0.0223 e. The van der Waals surface area contributed by atoms with E-state index in [2.05, 4.69) is 24.1 Å². The van der Waals surface area contributed by atoms with E-state index in [1.807, 2.05) is 0 Å². The normalized spacial score (nSPS) is 27.8. The number of rotatable bonds is 7. The van der Waals surface area contributed by atoms with Crippen molar-refractivity contribution in [2.75, 3.05) is 19.6 Å². The summed E-state index contributed by atoms with van der Waals surface area (Å²) in [5.74, 6) is 0.948. The molecule has 2 fully saturated rings. The molecule has 0 amide bonds. The standard InChI is InChI=1S/C17H34N2/c1-3-9-16-12-7-8-13-19(16)14-17(18-4-2)15-10-5-6-11-15/h15-18H,3-14H2,1-2H3. The molecule has 1 saturated heterocycles. The van der Waals surface area contributed by atoms with Gasteiger partial charge in [0.2, 0.25) is 0 Å². The maximum absolute atomic E-state index is 3.79. The second-order valence-corrected chi connectivity index (χ2v) is 6.64. The zero-order valence-electron chi connectivity index (χ0n) is 13.2. The topological polar surface area (TPSA) is 15.3 Å². The number of likely N-dealkylation sites (N-methyl/N-ethyl adjacent to an activating group) is 1. The van der Waals surface area contributed by atoms with Crippen molar-refractivity contribution in [2.24, 2.45) is 5.92 Å².